The molecule has 0 aliphatic heterocycles. The summed E-state index contributed by atoms with van der Waals surface area (Å²) in [5.41, 5.74) is 0.985. The minimum atomic E-state index is -0.309. The van der Waals surface area contributed by atoms with Crippen LogP contribution in [0.1, 0.15) is 44.4 Å². The molecule has 0 amide bonds. The fraction of sp³-hybridized carbons (Fsp3) is 0.727. The molecular weight excluding hydrogens is 176 g/mol. The van der Waals surface area contributed by atoms with Gasteiger partial charge in [0.1, 0.15) is 0 Å². The molecule has 1 aromatic rings. The Morgan fingerprint density at radius 2 is 2.43 bits per heavy atom. The molecule has 1 heterocycles. The van der Waals surface area contributed by atoms with Crippen LogP contribution in [0.3, 0.4) is 0 Å². The molecule has 0 radical (unpaired) electrons. The van der Waals surface area contributed by atoms with Gasteiger partial charge in [-0.3, -0.25) is 4.68 Å². The summed E-state index contributed by atoms with van der Waals surface area (Å²) in [6, 6.07) is 1.93. The van der Waals surface area contributed by atoms with Crippen molar-refractivity contribution in [3.05, 3.63) is 18.0 Å². The number of aryl methyl sites for hydroxylation is 1. The molecular formula is C11H18N2O. The van der Waals surface area contributed by atoms with Crippen molar-refractivity contribution in [2.45, 2.75) is 45.3 Å². The van der Waals surface area contributed by atoms with Crippen LogP contribution in [-0.2, 0) is 6.54 Å². The summed E-state index contributed by atoms with van der Waals surface area (Å²) in [4.78, 5) is 0. The number of rotatable bonds is 5. The Morgan fingerprint density at radius 3 is 3.07 bits per heavy atom. The van der Waals surface area contributed by atoms with Gasteiger partial charge in [-0.15, -0.1) is 0 Å². The SMILES string of the molecule is CCCn1nccc1C(O)CC1CC1. The van der Waals surface area contributed by atoms with E-state index in [-0.39, 0.29) is 6.10 Å². The van der Waals surface area contributed by atoms with E-state index in [0.717, 1.165) is 31.0 Å². The van der Waals surface area contributed by atoms with Crippen molar-refractivity contribution in [2.75, 3.05) is 0 Å². The maximum absolute atomic E-state index is 9.97. The largest absolute Gasteiger partial charge is 0.387 e. The molecule has 1 aromatic heterocycles. The fourth-order valence-corrected chi connectivity index (χ4v) is 1.81. The maximum atomic E-state index is 9.97. The Morgan fingerprint density at radius 1 is 1.64 bits per heavy atom. The monoisotopic (exact) mass is 194 g/mol. The molecule has 3 heteroatoms. The van der Waals surface area contributed by atoms with E-state index in [2.05, 4.69) is 12.0 Å². The predicted molar refractivity (Wildman–Crippen MR) is 54.8 cm³/mol. The van der Waals surface area contributed by atoms with Crippen molar-refractivity contribution < 1.29 is 5.11 Å². The summed E-state index contributed by atoms with van der Waals surface area (Å²) in [7, 11) is 0. The molecule has 1 aliphatic rings. The number of aliphatic hydroxyl groups excluding tert-OH is 1. The summed E-state index contributed by atoms with van der Waals surface area (Å²) >= 11 is 0. The van der Waals surface area contributed by atoms with Crippen molar-refractivity contribution >= 4 is 0 Å². The van der Waals surface area contributed by atoms with Gasteiger partial charge in [0.2, 0.25) is 0 Å². The van der Waals surface area contributed by atoms with E-state index in [4.69, 9.17) is 0 Å². The highest BCUT2D eigenvalue weighted by atomic mass is 16.3. The molecule has 1 N–H and O–H groups in total. The average Bonchev–Trinajstić information content (AvgIpc) is 2.83. The number of aromatic nitrogens is 2. The van der Waals surface area contributed by atoms with Crippen LogP contribution >= 0.6 is 0 Å². The molecule has 1 aliphatic carbocycles. The van der Waals surface area contributed by atoms with Gasteiger partial charge in [-0.2, -0.15) is 5.10 Å². The zero-order valence-electron chi connectivity index (χ0n) is 8.69. The molecule has 1 fully saturated rings. The van der Waals surface area contributed by atoms with Gasteiger partial charge < -0.3 is 5.11 Å². The number of hydrogen-bond donors (Lipinski definition) is 1. The van der Waals surface area contributed by atoms with Crippen molar-refractivity contribution in [3.8, 4) is 0 Å². The molecule has 0 saturated heterocycles. The predicted octanol–water partition coefficient (Wildman–Crippen LogP) is 2.13. The van der Waals surface area contributed by atoms with Gasteiger partial charge in [-0.1, -0.05) is 19.8 Å². The Hall–Kier alpha value is -0.830. The first-order valence-corrected chi connectivity index (χ1v) is 5.51. The van der Waals surface area contributed by atoms with Crippen molar-refractivity contribution in [1.29, 1.82) is 0 Å². The van der Waals surface area contributed by atoms with Crippen LogP contribution < -0.4 is 0 Å². The summed E-state index contributed by atoms with van der Waals surface area (Å²) in [6.07, 6.45) is 6.02. The molecule has 1 atom stereocenters. The van der Waals surface area contributed by atoms with E-state index >= 15 is 0 Å². The first-order valence-electron chi connectivity index (χ1n) is 5.51. The third kappa shape index (κ3) is 2.15. The Balaban J connectivity index is 2.00. The topological polar surface area (TPSA) is 38.0 Å². The zero-order chi connectivity index (χ0) is 9.97. The highest BCUT2D eigenvalue weighted by Crippen LogP contribution is 2.37. The third-order valence-electron chi connectivity index (χ3n) is 2.78. The average molecular weight is 194 g/mol. The van der Waals surface area contributed by atoms with Gasteiger partial charge in [-0.25, -0.2) is 0 Å². The third-order valence-corrected chi connectivity index (χ3v) is 2.78. The van der Waals surface area contributed by atoms with E-state index in [1.807, 2.05) is 10.7 Å². The van der Waals surface area contributed by atoms with Crippen LogP contribution in [-0.4, -0.2) is 14.9 Å². The van der Waals surface area contributed by atoms with Crippen LogP contribution in [0.15, 0.2) is 12.3 Å². The molecule has 2 rings (SSSR count). The molecule has 0 bridgehead atoms. The highest BCUT2D eigenvalue weighted by molar-refractivity contribution is 5.05. The number of aliphatic hydroxyl groups is 1. The number of nitrogens with zero attached hydrogens (tertiary/aromatic N) is 2. The molecule has 78 valence electrons. The van der Waals surface area contributed by atoms with Gasteiger partial charge in [-0.05, 0) is 24.8 Å². The summed E-state index contributed by atoms with van der Waals surface area (Å²) in [6.45, 7) is 3.03. The van der Waals surface area contributed by atoms with Crippen LogP contribution in [0.5, 0.6) is 0 Å². The lowest BCUT2D eigenvalue weighted by atomic mass is 10.1. The lowest BCUT2D eigenvalue weighted by Gasteiger charge is -2.12. The standard InChI is InChI=1S/C11H18N2O/c1-2-7-13-10(5-6-12-13)11(14)8-9-3-4-9/h5-6,9,11,14H,2-4,7-8H2,1H3. The van der Waals surface area contributed by atoms with Crippen molar-refractivity contribution in [1.82, 2.24) is 9.78 Å². The van der Waals surface area contributed by atoms with Gasteiger partial charge in [0, 0.05) is 12.7 Å². The Labute approximate surface area is 84.7 Å². The lowest BCUT2D eigenvalue weighted by molar-refractivity contribution is 0.149. The fourth-order valence-electron chi connectivity index (χ4n) is 1.81. The second-order valence-corrected chi connectivity index (χ2v) is 4.17. The zero-order valence-corrected chi connectivity index (χ0v) is 8.69. The summed E-state index contributed by atoms with van der Waals surface area (Å²) < 4.78 is 1.92. The Kier molecular flexibility index (Phi) is 2.87. The minimum Gasteiger partial charge on any atom is -0.387 e. The second-order valence-electron chi connectivity index (χ2n) is 4.17. The molecule has 1 saturated carbocycles. The molecule has 0 aromatic carbocycles. The van der Waals surface area contributed by atoms with Crippen LogP contribution in [0.4, 0.5) is 0 Å². The normalized spacial score (nSPS) is 18.4. The van der Waals surface area contributed by atoms with Crippen molar-refractivity contribution in [3.63, 3.8) is 0 Å². The number of hydrogen-bond acceptors (Lipinski definition) is 2. The first-order chi connectivity index (χ1) is 6.81. The Bertz CT molecular complexity index is 291. The van der Waals surface area contributed by atoms with E-state index in [1.54, 1.807) is 6.20 Å². The van der Waals surface area contributed by atoms with E-state index in [0.29, 0.717) is 0 Å². The van der Waals surface area contributed by atoms with Gasteiger partial charge in [0.25, 0.3) is 0 Å². The smallest absolute Gasteiger partial charge is 0.0959 e. The molecule has 0 spiro atoms. The van der Waals surface area contributed by atoms with Gasteiger partial charge in [0.05, 0.1) is 11.8 Å². The second kappa shape index (κ2) is 4.13. The quantitative estimate of drug-likeness (QED) is 0.779. The van der Waals surface area contributed by atoms with Crippen molar-refractivity contribution in [2.24, 2.45) is 5.92 Å². The van der Waals surface area contributed by atoms with Gasteiger partial charge in [0.15, 0.2) is 0 Å². The van der Waals surface area contributed by atoms with E-state index < -0.39 is 0 Å². The van der Waals surface area contributed by atoms with E-state index in [9.17, 15) is 5.11 Å². The molecule has 1 unspecified atom stereocenters. The van der Waals surface area contributed by atoms with Crippen LogP contribution in [0, 0.1) is 5.92 Å². The summed E-state index contributed by atoms with van der Waals surface area (Å²) in [5.74, 6) is 0.759. The van der Waals surface area contributed by atoms with Crippen LogP contribution in [0.2, 0.25) is 0 Å². The maximum Gasteiger partial charge on any atom is 0.0959 e. The lowest BCUT2D eigenvalue weighted by Crippen LogP contribution is -2.09. The van der Waals surface area contributed by atoms with Gasteiger partial charge >= 0.3 is 0 Å². The highest BCUT2D eigenvalue weighted by Gasteiger charge is 2.26. The first kappa shape index (κ1) is 9.71. The molecule has 3 nitrogen and oxygen atoms in total. The minimum absolute atomic E-state index is 0.309. The van der Waals surface area contributed by atoms with Crippen LogP contribution in [0.25, 0.3) is 0 Å². The molecule has 14 heavy (non-hydrogen) atoms. The van der Waals surface area contributed by atoms with E-state index in [1.165, 1.54) is 12.8 Å². The summed E-state index contributed by atoms with van der Waals surface area (Å²) in [5, 5.41) is 14.2.